The van der Waals surface area contributed by atoms with Crippen LogP contribution in [0.1, 0.15) is 11.1 Å². The first-order valence-corrected chi connectivity index (χ1v) is 5.39. The van der Waals surface area contributed by atoms with Gasteiger partial charge in [-0.3, -0.25) is 4.79 Å². The summed E-state index contributed by atoms with van der Waals surface area (Å²) in [6, 6.07) is 3.94. The van der Waals surface area contributed by atoms with E-state index < -0.39 is 0 Å². The van der Waals surface area contributed by atoms with Crippen LogP contribution in [0.15, 0.2) is 12.1 Å². The number of amides is 1. The van der Waals surface area contributed by atoms with Crippen molar-refractivity contribution in [3.8, 4) is 11.5 Å². The molecule has 0 N–H and O–H groups in total. The van der Waals surface area contributed by atoms with Crippen molar-refractivity contribution in [1.29, 1.82) is 0 Å². The van der Waals surface area contributed by atoms with Crippen LogP contribution in [0.5, 0.6) is 11.5 Å². The van der Waals surface area contributed by atoms with E-state index in [-0.39, 0.29) is 12.7 Å². The molecule has 0 aromatic heterocycles. The largest absolute Gasteiger partial charge is 0.454 e. The number of carbonyl (C=O) groups is 1. The normalized spacial score (nSPS) is 18.3. The molecular weight excluding hydrogens is 206 g/mol. The fourth-order valence-electron chi connectivity index (χ4n) is 2.13. The maximum Gasteiger partial charge on any atom is 0.231 e. The van der Waals surface area contributed by atoms with E-state index in [0.717, 1.165) is 30.0 Å². The molecular formula is C12H13NO3. The first-order valence-electron chi connectivity index (χ1n) is 5.39. The van der Waals surface area contributed by atoms with Gasteiger partial charge in [0.2, 0.25) is 12.7 Å². The fraction of sp³-hybridized carbons (Fsp3) is 0.417. The second-order valence-corrected chi connectivity index (χ2v) is 4.22. The topological polar surface area (TPSA) is 38.8 Å². The van der Waals surface area contributed by atoms with Crippen LogP contribution in [0.4, 0.5) is 0 Å². The Kier molecular flexibility index (Phi) is 2.02. The Morgan fingerprint density at radius 3 is 2.62 bits per heavy atom. The van der Waals surface area contributed by atoms with Crippen molar-refractivity contribution < 1.29 is 14.3 Å². The molecule has 4 heteroatoms. The molecule has 4 nitrogen and oxygen atoms in total. The van der Waals surface area contributed by atoms with E-state index in [2.05, 4.69) is 0 Å². The smallest absolute Gasteiger partial charge is 0.231 e. The zero-order chi connectivity index (χ0) is 11.1. The Balaban J connectivity index is 2.03. The lowest BCUT2D eigenvalue weighted by Gasteiger charge is -2.12. The van der Waals surface area contributed by atoms with Crippen molar-refractivity contribution in [2.75, 3.05) is 20.4 Å². The van der Waals surface area contributed by atoms with Gasteiger partial charge in [0.1, 0.15) is 0 Å². The molecule has 1 aromatic carbocycles. The number of nitrogens with zero attached hydrogens (tertiary/aromatic N) is 1. The Morgan fingerprint density at radius 2 is 1.88 bits per heavy atom. The third-order valence-corrected chi connectivity index (χ3v) is 3.18. The van der Waals surface area contributed by atoms with E-state index in [4.69, 9.17) is 9.47 Å². The average molecular weight is 219 g/mol. The molecule has 3 rings (SSSR count). The highest BCUT2D eigenvalue weighted by atomic mass is 16.7. The molecule has 0 bridgehead atoms. The summed E-state index contributed by atoms with van der Waals surface area (Å²) < 4.78 is 10.7. The molecule has 0 unspecified atom stereocenters. The SMILES string of the molecule is CN1CCc2cc3c(cc2CC1=O)OCO3. The van der Waals surface area contributed by atoms with Gasteiger partial charge < -0.3 is 14.4 Å². The minimum Gasteiger partial charge on any atom is -0.454 e. The predicted octanol–water partition coefficient (Wildman–Crippen LogP) is 0.972. The van der Waals surface area contributed by atoms with E-state index in [1.807, 2.05) is 19.2 Å². The molecule has 1 amide bonds. The summed E-state index contributed by atoms with van der Waals surface area (Å²) in [7, 11) is 1.84. The van der Waals surface area contributed by atoms with E-state index >= 15 is 0 Å². The second kappa shape index (κ2) is 3.40. The molecule has 0 radical (unpaired) electrons. The van der Waals surface area contributed by atoms with Crippen molar-refractivity contribution in [2.24, 2.45) is 0 Å². The van der Waals surface area contributed by atoms with E-state index in [0.29, 0.717) is 6.42 Å². The van der Waals surface area contributed by atoms with Crippen molar-refractivity contribution in [3.63, 3.8) is 0 Å². The zero-order valence-corrected chi connectivity index (χ0v) is 9.16. The van der Waals surface area contributed by atoms with Gasteiger partial charge in [-0.2, -0.15) is 0 Å². The van der Waals surface area contributed by atoms with Crippen LogP contribution >= 0.6 is 0 Å². The van der Waals surface area contributed by atoms with Gasteiger partial charge in [-0.1, -0.05) is 0 Å². The van der Waals surface area contributed by atoms with Crippen LogP contribution in [0.25, 0.3) is 0 Å². The molecule has 0 fully saturated rings. The number of benzene rings is 1. The number of likely N-dealkylation sites (N-methyl/N-ethyl adjacent to an activating group) is 1. The molecule has 0 saturated carbocycles. The van der Waals surface area contributed by atoms with Gasteiger partial charge in [-0.15, -0.1) is 0 Å². The van der Waals surface area contributed by atoms with Gasteiger partial charge in [0, 0.05) is 13.6 Å². The molecule has 2 aliphatic rings. The molecule has 0 atom stereocenters. The first kappa shape index (κ1) is 9.51. The molecule has 16 heavy (non-hydrogen) atoms. The highest BCUT2D eigenvalue weighted by Crippen LogP contribution is 2.35. The lowest BCUT2D eigenvalue weighted by molar-refractivity contribution is -0.128. The highest BCUT2D eigenvalue weighted by molar-refractivity contribution is 5.80. The lowest BCUT2D eigenvalue weighted by Crippen LogP contribution is -2.27. The van der Waals surface area contributed by atoms with Crippen LogP contribution in [0.3, 0.4) is 0 Å². The maximum absolute atomic E-state index is 11.7. The van der Waals surface area contributed by atoms with Crippen molar-refractivity contribution in [2.45, 2.75) is 12.8 Å². The van der Waals surface area contributed by atoms with Gasteiger partial charge in [0.05, 0.1) is 6.42 Å². The zero-order valence-electron chi connectivity index (χ0n) is 9.16. The van der Waals surface area contributed by atoms with Gasteiger partial charge in [0.15, 0.2) is 11.5 Å². The standard InChI is InChI=1S/C12H13NO3/c1-13-3-2-8-4-10-11(16-7-15-10)5-9(8)6-12(13)14/h4-5H,2-3,6-7H2,1H3. The molecule has 0 spiro atoms. The minimum atomic E-state index is 0.164. The summed E-state index contributed by atoms with van der Waals surface area (Å²) in [5.74, 6) is 1.73. The van der Waals surface area contributed by atoms with E-state index in [9.17, 15) is 4.79 Å². The second-order valence-electron chi connectivity index (χ2n) is 4.22. The van der Waals surface area contributed by atoms with Crippen LogP contribution < -0.4 is 9.47 Å². The minimum absolute atomic E-state index is 0.164. The summed E-state index contributed by atoms with van der Waals surface area (Å²) in [6.07, 6.45) is 1.34. The quantitative estimate of drug-likeness (QED) is 0.652. The van der Waals surface area contributed by atoms with Crippen LogP contribution in [-0.2, 0) is 17.6 Å². The third-order valence-electron chi connectivity index (χ3n) is 3.18. The van der Waals surface area contributed by atoms with Crippen LogP contribution in [-0.4, -0.2) is 31.2 Å². The molecule has 2 aliphatic heterocycles. The highest BCUT2D eigenvalue weighted by Gasteiger charge is 2.22. The van der Waals surface area contributed by atoms with Crippen LogP contribution in [0, 0.1) is 0 Å². The Morgan fingerprint density at radius 1 is 1.19 bits per heavy atom. The number of fused-ring (bicyclic) bond motifs is 2. The number of ether oxygens (including phenoxy) is 2. The van der Waals surface area contributed by atoms with E-state index in [1.165, 1.54) is 5.56 Å². The van der Waals surface area contributed by atoms with E-state index in [1.54, 1.807) is 4.90 Å². The van der Waals surface area contributed by atoms with Crippen molar-refractivity contribution in [1.82, 2.24) is 4.90 Å². The molecule has 0 saturated heterocycles. The number of rotatable bonds is 0. The van der Waals surface area contributed by atoms with Gasteiger partial charge in [-0.05, 0) is 29.7 Å². The van der Waals surface area contributed by atoms with Crippen molar-refractivity contribution >= 4 is 5.91 Å². The number of hydrogen-bond donors (Lipinski definition) is 0. The summed E-state index contributed by atoms with van der Waals surface area (Å²) in [5.41, 5.74) is 2.26. The average Bonchev–Trinajstić information content (AvgIpc) is 2.66. The molecule has 1 aromatic rings. The fourth-order valence-corrected chi connectivity index (χ4v) is 2.13. The molecule has 0 aliphatic carbocycles. The van der Waals surface area contributed by atoms with Crippen LogP contribution in [0.2, 0.25) is 0 Å². The Bertz CT molecular complexity index is 456. The Labute approximate surface area is 93.8 Å². The van der Waals surface area contributed by atoms with Gasteiger partial charge in [0.25, 0.3) is 0 Å². The number of hydrogen-bond acceptors (Lipinski definition) is 3. The molecule has 84 valence electrons. The van der Waals surface area contributed by atoms with Gasteiger partial charge in [-0.25, -0.2) is 0 Å². The number of carbonyl (C=O) groups excluding carboxylic acids is 1. The summed E-state index contributed by atoms with van der Waals surface area (Å²) in [4.78, 5) is 13.5. The Hall–Kier alpha value is -1.71. The third kappa shape index (κ3) is 1.41. The van der Waals surface area contributed by atoms with Crippen molar-refractivity contribution in [3.05, 3.63) is 23.3 Å². The summed E-state index contributed by atoms with van der Waals surface area (Å²) >= 11 is 0. The maximum atomic E-state index is 11.7. The lowest BCUT2D eigenvalue weighted by atomic mass is 10.0. The summed E-state index contributed by atoms with van der Waals surface area (Å²) in [5, 5.41) is 0. The first-order chi connectivity index (χ1) is 7.74. The molecule has 2 heterocycles. The summed E-state index contributed by atoms with van der Waals surface area (Å²) in [6.45, 7) is 1.05. The predicted molar refractivity (Wildman–Crippen MR) is 57.6 cm³/mol. The monoisotopic (exact) mass is 219 g/mol. The van der Waals surface area contributed by atoms with Gasteiger partial charge >= 0.3 is 0 Å².